The van der Waals surface area contributed by atoms with Gasteiger partial charge in [-0.25, -0.2) is 0 Å². The molecule has 0 saturated heterocycles. The Morgan fingerprint density at radius 2 is 1.56 bits per heavy atom. The van der Waals surface area contributed by atoms with Crippen LogP contribution in [0, 0.1) is 5.92 Å². The van der Waals surface area contributed by atoms with Crippen molar-refractivity contribution in [3.05, 3.63) is 57.0 Å². The molecule has 11 nitrogen and oxygen atoms in total. The number of amides is 4. The molecule has 0 spiro atoms. The molecule has 14 heteroatoms. The van der Waals surface area contributed by atoms with E-state index in [1.807, 2.05) is 14.0 Å². The number of carbonyl (C=O) groups excluding carboxylic acids is 5. The third-order valence-electron chi connectivity index (χ3n) is 6.99. The second-order valence-electron chi connectivity index (χ2n) is 10.3. The first kappa shape index (κ1) is 48.8. The standard InChI is InChI=1S/C31H47N5O6.3Rb/c1-22(23(2)37)9-6-7-16-34-31(41)35-17-8-19-42-20-18-33-28(38)21-29(39)36-25-14-12-24(13-15-25)30(40)26-10-4-5-11-27(26)32-3;;;/h12-15,22H,4-11,16-21H2,1-3H3,(H5,32,33,34,35,36,38,39,40,41);;;/q;3*+1/p-3. The number of Topliss-reactive ketones (excluding diaryl/α,β-unsaturated/α-hetero) is 2. The van der Waals surface area contributed by atoms with Gasteiger partial charge in [0, 0.05) is 49.4 Å². The zero-order valence-electron chi connectivity index (χ0n) is 28.1. The van der Waals surface area contributed by atoms with Crippen LogP contribution in [-0.2, 0) is 19.1 Å². The van der Waals surface area contributed by atoms with Gasteiger partial charge in [-0.3, -0.25) is 14.4 Å². The molecule has 232 valence electrons. The molecule has 1 aromatic rings. The Hall–Kier alpha value is 1.69. The summed E-state index contributed by atoms with van der Waals surface area (Å²) < 4.78 is 5.40. The molecule has 0 aromatic heterocycles. The van der Waals surface area contributed by atoms with Crippen molar-refractivity contribution < 1.29 is 203 Å². The molecule has 1 aliphatic carbocycles. The van der Waals surface area contributed by atoms with Crippen LogP contribution in [0.25, 0.3) is 16.0 Å². The van der Waals surface area contributed by atoms with Crippen molar-refractivity contribution in [2.75, 3.05) is 39.9 Å². The molecule has 4 amide bonds. The van der Waals surface area contributed by atoms with E-state index in [2.05, 4.69) is 26.6 Å². The molecule has 45 heavy (non-hydrogen) atoms. The normalized spacial score (nSPS) is 12.7. The number of ketones is 2. The molecular weight excluding hydrogens is 795 g/mol. The predicted molar refractivity (Wildman–Crippen MR) is 162 cm³/mol. The van der Waals surface area contributed by atoms with Crippen LogP contribution >= 0.6 is 0 Å². The van der Waals surface area contributed by atoms with Crippen LogP contribution in [0.4, 0.5) is 10.5 Å². The topological polar surface area (TPSA) is 161 Å². The Kier molecular flexibility index (Phi) is 31.9. The zero-order chi connectivity index (χ0) is 30.7. The van der Waals surface area contributed by atoms with Crippen molar-refractivity contribution in [2.45, 2.75) is 71.6 Å². The average molecular weight is 839 g/mol. The quantitative estimate of drug-likeness (QED) is 0.0837. The molecule has 0 saturated carbocycles. The van der Waals surface area contributed by atoms with Gasteiger partial charge in [-0.1, -0.05) is 50.6 Å². The molecule has 1 aromatic carbocycles. The van der Waals surface area contributed by atoms with Gasteiger partial charge >= 0.3 is 175 Å². The maximum absolute atomic E-state index is 12.9. The van der Waals surface area contributed by atoms with E-state index in [9.17, 15) is 24.0 Å². The largest absolute Gasteiger partial charge is 1.00 e. The minimum absolute atomic E-state index is 0. The molecule has 2 rings (SSSR count). The minimum atomic E-state index is -0.610. The fourth-order valence-corrected chi connectivity index (χ4v) is 4.38. The number of hydrogen-bond donors (Lipinski definition) is 2. The molecule has 1 unspecified atom stereocenters. The summed E-state index contributed by atoms with van der Waals surface area (Å²) in [6.07, 6.45) is 6.27. The summed E-state index contributed by atoms with van der Waals surface area (Å²) in [6, 6.07) is 6.12. The first-order valence-electron chi connectivity index (χ1n) is 14.7. The molecule has 1 aliphatic rings. The van der Waals surface area contributed by atoms with Gasteiger partial charge in [-0.2, -0.15) is 0 Å². The van der Waals surface area contributed by atoms with Crippen molar-refractivity contribution in [2.24, 2.45) is 5.92 Å². The minimum Gasteiger partial charge on any atom is -0.651 e. The summed E-state index contributed by atoms with van der Waals surface area (Å²) in [7, 11) is 1.83. The van der Waals surface area contributed by atoms with Crippen LogP contribution in [-0.4, -0.2) is 69.3 Å². The summed E-state index contributed by atoms with van der Waals surface area (Å²) in [6.45, 7) is 5.04. The fourth-order valence-electron chi connectivity index (χ4n) is 4.38. The fraction of sp³-hybridized carbons (Fsp3) is 0.581. The summed E-state index contributed by atoms with van der Waals surface area (Å²) in [4.78, 5) is 59.9. The van der Waals surface area contributed by atoms with Crippen LogP contribution in [0.1, 0.15) is 82.0 Å². The van der Waals surface area contributed by atoms with E-state index < -0.39 is 18.2 Å². The van der Waals surface area contributed by atoms with Crippen molar-refractivity contribution in [3.8, 4) is 0 Å². The third kappa shape index (κ3) is 21.5. The van der Waals surface area contributed by atoms with Gasteiger partial charge in [-0.15, -0.1) is 12.2 Å². The van der Waals surface area contributed by atoms with Crippen LogP contribution in [0.2, 0.25) is 0 Å². The van der Waals surface area contributed by atoms with E-state index in [-0.39, 0.29) is 211 Å². The molecule has 0 fully saturated rings. The molecule has 0 heterocycles. The van der Waals surface area contributed by atoms with Crippen molar-refractivity contribution >= 4 is 35.1 Å². The van der Waals surface area contributed by atoms with E-state index in [0.29, 0.717) is 37.4 Å². The Morgan fingerprint density at radius 1 is 0.867 bits per heavy atom. The second kappa shape index (κ2) is 29.4. The molecule has 1 atom stereocenters. The maximum atomic E-state index is 12.9. The van der Waals surface area contributed by atoms with Crippen LogP contribution in [0.3, 0.4) is 0 Å². The van der Waals surface area contributed by atoms with E-state index in [0.717, 1.165) is 56.2 Å². The number of hydrogen-bond acceptors (Lipinski definition) is 7. The molecule has 0 bridgehead atoms. The SMILES string of the molecule is CNC1=C(C(=O)c2ccc([N-]C(=O)CC(=O)[N-]CCOCCC[N-]C(=O)NCCCCC(C)C(C)=O)cc2)CCCC1.[Rb+].[Rb+].[Rb+]. The number of rotatable bonds is 19. The number of carbonyl (C=O) groups is 5. The van der Waals surface area contributed by atoms with E-state index in [1.165, 1.54) is 0 Å². The van der Waals surface area contributed by atoms with Crippen LogP contribution in [0.15, 0.2) is 35.5 Å². The summed E-state index contributed by atoms with van der Waals surface area (Å²) in [5, 5.41) is 17.5. The van der Waals surface area contributed by atoms with E-state index >= 15 is 0 Å². The number of ether oxygens (including phenoxy) is 1. The Balaban J connectivity index is 0. The average Bonchev–Trinajstić information content (AvgIpc) is 2.98. The van der Waals surface area contributed by atoms with Gasteiger partial charge in [0.15, 0.2) is 11.8 Å². The number of nitrogens with zero attached hydrogens (tertiary/aromatic N) is 3. The van der Waals surface area contributed by atoms with Crippen LogP contribution in [0.5, 0.6) is 0 Å². The van der Waals surface area contributed by atoms with Crippen LogP contribution < -0.4 is 185 Å². The molecule has 0 aliphatic heterocycles. The monoisotopic (exact) mass is 837 g/mol. The molecule has 2 N–H and O–H groups in total. The van der Waals surface area contributed by atoms with Gasteiger partial charge in [0.1, 0.15) is 5.78 Å². The zero-order valence-corrected chi connectivity index (χ0v) is 42.8. The number of nitrogens with one attached hydrogen (secondary N) is 2. The van der Waals surface area contributed by atoms with Crippen molar-refractivity contribution in [1.82, 2.24) is 10.6 Å². The maximum Gasteiger partial charge on any atom is 1.00 e. The summed E-state index contributed by atoms with van der Waals surface area (Å²) in [5.74, 6) is -0.970. The van der Waals surface area contributed by atoms with Gasteiger partial charge in [0.2, 0.25) is 0 Å². The number of benzene rings is 1. The van der Waals surface area contributed by atoms with E-state index in [1.54, 1.807) is 31.2 Å². The number of urea groups is 1. The van der Waals surface area contributed by atoms with Gasteiger partial charge in [0.25, 0.3) is 0 Å². The van der Waals surface area contributed by atoms with Crippen molar-refractivity contribution in [1.29, 1.82) is 0 Å². The van der Waals surface area contributed by atoms with E-state index in [4.69, 9.17) is 4.74 Å². The van der Waals surface area contributed by atoms with Crippen molar-refractivity contribution in [3.63, 3.8) is 0 Å². The van der Waals surface area contributed by atoms with Gasteiger partial charge in [-0.05, 0) is 52.0 Å². The summed E-state index contributed by atoms with van der Waals surface area (Å²) >= 11 is 0. The molecular formula is C31H44N5O6Rb3. The molecule has 0 radical (unpaired) electrons. The smallest absolute Gasteiger partial charge is 0.651 e. The van der Waals surface area contributed by atoms with Gasteiger partial charge < -0.3 is 40.9 Å². The second-order valence-corrected chi connectivity index (χ2v) is 10.3. The first-order valence-corrected chi connectivity index (χ1v) is 14.7. The summed E-state index contributed by atoms with van der Waals surface area (Å²) in [5.41, 5.74) is 2.70. The first-order chi connectivity index (χ1) is 20.2. The Labute approximate surface area is 414 Å². The third-order valence-corrected chi connectivity index (χ3v) is 6.99. The Bertz CT molecular complexity index is 1100. The number of unbranched alkanes of at least 4 members (excludes halogenated alkanes) is 1. The van der Waals surface area contributed by atoms with Gasteiger partial charge in [0.05, 0.1) is 11.8 Å². The Morgan fingerprint density at radius 3 is 2.22 bits per heavy atom. The number of allylic oxidation sites excluding steroid dienone is 2. The predicted octanol–water partition coefficient (Wildman–Crippen LogP) is -3.36.